The molecule has 1 aliphatic heterocycles. The number of fused-ring (bicyclic) bond motifs is 1. The van der Waals surface area contributed by atoms with Crippen LogP contribution in [0.4, 0.5) is 15.8 Å². The van der Waals surface area contributed by atoms with Crippen LogP contribution in [0.3, 0.4) is 0 Å². The molecule has 2 amide bonds. The Morgan fingerprint density at radius 1 is 0.973 bits per heavy atom. The minimum Gasteiger partial charge on any atom is -0.486 e. The minimum absolute atomic E-state index is 0.0426. The lowest BCUT2D eigenvalue weighted by molar-refractivity contribution is -0.114. The van der Waals surface area contributed by atoms with Crippen LogP contribution in [0.1, 0.15) is 23.7 Å². The second-order valence-electron chi connectivity index (χ2n) is 8.15. The summed E-state index contributed by atoms with van der Waals surface area (Å²) in [4.78, 5) is 25.5. The van der Waals surface area contributed by atoms with Gasteiger partial charge in [-0.2, -0.15) is 0 Å². The molecular formula is C26H26FN3O6S. The number of carbonyl (C=O) groups excluding carboxylic acids is 2. The van der Waals surface area contributed by atoms with Crippen molar-refractivity contribution < 1.29 is 31.9 Å². The van der Waals surface area contributed by atoms with E-state index in [1.807, 2.05) is 6.92 Å². The van der Waals surface area contributed by atoms with E-state index in [2.05, 4.69) is 10.6 Å². The molecule has 4 rings (SSSR count). The predicted octanol–water partition coefficient (Wildman–Crippen LogP) is 3.57. The number of benzene rings is 3. The molecule has 9 nitrogen and oxygen atoms in total. The van der Waals surface area contributed by atoms with E-state index >= 15 is 0 Å². The maximum absolute atomic E-state index is 14.1. The number of hydrogen-bond acceptors (Lipinski definition) is 6. The van der Waals surface area contributed by atoms with Gasteiger partial charge in [0, 0.05) is 12.6 Å². The first-order valence-corrected chi connectivity index (χ1v) is 13.1. The number of halogens is 1. The summed E-state index contributed by atoms with van der Waals surface area (Å²) in [6, 6.07) is 15.4. The number of rotatable bonds is 9. The fourth-order valence-corrected chi connectivity index (χ4v) is 5.13. The van der Waals surface area contributed by atoms with Gasteiger partial charge in [0.25, 0.3) is 15.9 Å². The van der Waals surface area contributed by atoms with Crippen LogP contribution >= 0.6 is 0 Å². The maximum atomic E-state index is 14.1. The van der Waals surface area contributed by atoms with Crippen LogP contribution in [0, 0.1) is 5.82 Å². The van der Waals surface area contributed by atoms with Crippen molar-refractivity contribution in [3.05, 3.63) is 78.1 Å². The van der Waals surface area contributed by atoms with Crippen LogP contribution in [-0.2, 0) is 14.8 Å². The monoisotopic (exact) mass is 527 g/mol. The zero-order chi connectivity index (χ0) is 26.4. The molecule has 0 aromatic heterocycles. The van der Waals surface area contributed by atoms with Crippen molar-refractivity contribution in [2.75, 3.05) is 35.9 Å². The molecule has 2 N–H and O–H groups in total. The fourth-order valence-electron chi connectivity index (χ4n) is 3.70. The first-order valence-electron chi connectivity index (χ1n) is 11.6. The Bertz CT molecular complexity index is 1410. The first kappa shape index (κ1) is 26.0. The molecule has 0 atom stereocenters. The number of ether oxygens (including phenoxy) is 2. The van der Waals surface area contributed by atoms with E-state index in [0.29, 0.717) is 18.9 Å². The molecule has 0 saturated carbocycles. The number of amides is 2. The van der Waals surface area contributed by atoms with Gasteiger partial charge in [-0.25, -0.2) is 12.8 Å². The summed E-state index contributed by atoms with van der Waals surface area (Å²) in [6.45, 7) is 2.30. The van der Waals surface area contributed by atoms with E-state index in [1.54, 1.807) is 24.3 Å². The van der Waals surface area contributed by atoms with Gasteiger partial charge in [0.1, 0.15) is 25.6 Å². The van der Waals surface area contributed by atoms with Gasteiger partial charge in [-0.15, -0.1) is 0 Å². The third-order valence-corrected chi connectivity index (χ3v) is 7.24. The minimum atomic E-state index is -4.34. The Labute approximate surface area is 214 Å². The van der Waals surface area contributed by atoms with Gasteiger partial charge in [-0.1, -0.05) is 25.1 Å². The van der Waals surface area contributed by atoms with Crippen LogP contribution in [0.2, 0.25) is 0 Å². The zero-order valence-corrected chi connectivity index (χ0v) is 20.9. The normalized spacial score (nSPS) is 12.5. The summed E-state index contributed by atoms with van der Waals surface area (Å²) >= 11 is 0. The number of hydrogen-bond donors (Lipinski definition) is 2. The van der Waals surface area contributed by atoms with Gasteiger partial charge >= 0.3 is 0 Å². The van der Waals surface area contributed by atoms with E-state index in [4.69, 9.17) is 9.47 Å². The molecule has 0 aliphatic carbocycles. The Morgan fingerprint density at radius 2 is 1.73 bits per heavy atom. The highest BCUT2D eigenvalue weighted by Gasteiger charge is 2.29. The van der Waals surface area contributed by atoms with E-state index in [1.165, 1.54) is 36.4 Å². The zero-order valence-electron chi connectivity index (χ0n) is 20.1. The predicted molar refractivity (Wildman–Crippen MR) is 136 cm³/mol. The number of nitrogens with one attached hydrogen (secondary N) is 2. The smallest absolute Gasteiger partial charge is 0.264 e. The van der Waals surface area contributed by atoms with Crippen molar-refractivity contribution in [3.63, 3.8) is 0 Å². The van der Waals surface area contributed by atoms with Crippen molar-refractivity contribution in [2.45, 2.75) is 18.2 Å². The van der Waals surface area contributed by atoms with E-state index in [0.717, 1.165) is 16.8 Å². The largest absolute Gasteiger partial charge is 0.486 e. The van der Waals surface area contributed by atoms with Crippen LogP contribution in [0.15, 0.2) is 71.6 Å². The van der Waals surface area contributed by atoms with Crippen LogP contribution < -0.4 is 24.4 Å². The average molecular weight is 528 g/mol. The number of carbonyl (C=O) groups is 2. The highest BCUT2D eigenvalue weighted by molar-refractivity contribution is 7.92. The third-order valence-electron chi connectivity index (χ3n) is 5.47. The van der Waals surface area contributed by atoms with Gasteiger partial charge in [0.05, 0.1) is 21.8 Å². The molecule has 0 radical (unpaired) electrons. The molecule has 37 heavy (non-hydrogen) atoms. The number of nitrogens with zero attached hydrogens (tertiary/aromatic N) is 1. The quantitative estimate of drug-likeness (QED) is 0.440. The number of para-hydroxylation sites is 1. The second kappa shape index (κ2) is 11.3. The molecule has 0 bridgehead atoms. The van der Waals surface area contributed by atoms with Gasteiger partial charge in [-0.05, 0) is 48.9 Å². The van der Waals surface area contributed by atoms with Gasteiger partial charge in [-0.3, -0.25) is 13.9 Å². The van der Waals surface area contributed by atoms with Crippen LogP contribution in [0.5, 0.6) is 11.5 Å². The Morgan fingerprint density at radius 3 is 2.49 bits per heavy atom. The molecule has 0 unspecified atom stereocenters. The Hall–Kier alpha value is -4.12. The van der Waals surface area contributed by atoms with Crippen molar-refractivity contribution in [2.24, 2.45) is 0 Å². The summed E-state index contributed by atoms with van der Waals surface area (Å²) in [7, 11) is -4.34. The number of anilines is 2. The molecular weight excluding hydrogens is 501 g/mol. The highest BCUT2D eigenvalue weighted by Crippen LogP contribution is 2.34. The highest BCUT2D eigenvalue weighted by atomic mass is 32.2. The maximum Gasteiger partial charge on any atom is 0.264 e. The standard InChI is InChI=1S/C26H26FN3O6S/c1-2-12-28-26(32)21-8-3-4-9-22(21)29-25(31)17-30(19-7-5-6-18(27)15-19)37(33,34)20-10-11-23-24(16-20)36-14-13-35-23/h3-11,15-16H,2,12-14,17H2,1H3,(H,28,32)(H,29,31). The summed E-state index contributed by atoms with van der Waals surface area (Å²) in [5, 5.41) is 5.36. The van der Waals surface area contributed by atoms with Crippen LogP contribution in [-0.4, -0.2) is 46.5 Å². The van der Waals surface area contributed by atoms with Gasteiger partial charge in [0.2, 0.25) is 5.91 Å². The molecule has 1 heterocycles. The van der Waals surface area contributed by atoms with Crippen molar-refractivity contribution >= 4 is 33.2 Å². The fraction of sp³-hybridized carbons (Fsp3) is 0.231. The summed E-state index contributed by atoms with van der Waals surface area (Å²) < 4.78 is 53.2. The molecule has 0 saturated heterocycles. The van der Waals surface area contributed by atoms with Crippen molar-refractivity contribution in [1.82, 2.24) is 5.32 Å². The molecule has 11 heteroatoms. The Balaban J connectivity index is 1.64. The molecule has 3 aromatic rings. The van der Waals surface area contributed by atoms with Crippen molar-refractivity contribution in [1.29, 1.82) is 0 Å². The SMILES string of the molecule is CCCNC(=O)c1ccccc1NC(=O)CN(c1cccc(F)c1)S(=O)(=O)c1ccc2c(c1)OCCO2. The summed E-state index contributed by atoms with van der Waals surface area (Å²) in [5.41, 5.74) is 0.410. The summed E-state index contributed by atoms with van der Waals surface area (Å²) in [6.07, 6.45) is 0.737. The van der Waals surface area contributed by atoms with Gasteiger partial charge in [0.15, 0.2) is 11.5 Å². The molecule has 194 valence electrons. The Kier molecular flexibility index (Phi) is 7.92. The van der Waals surface area contributed by atoms with E-state index in [-0.39, 0.29) is 40.1 Å². The second-order valence-corrected chi connectivity index (χ2v) is 10.0. The topological polar surface area (TPSA) is 114 Å². The van der Waals surface area contributed by atoms with E-state index in [9.17, 15) is 22.4 Å². The lowest BCUT2D eigenvalue weighted by Gasteiger charge is -2.25. The van der Waals surface area contributed by atoms with Gasteiger partial charge < -0.3 is 20.1 Å². The van der Waals surface area contributed by atoms with E-state index < -0.39 is 28.3 Å². The lowest BCUT2D eigenvalue weighted by atomic mass is 10.1. The average Bonchev–Trinajstić information content (AvgIpc) is 2.90. The lowest BCUT2D eigenvalue weighted by Crippen LogP contribution is -2.38. The summed E-state index contributed by atoms with van der Waals surface area (Å²) in [5.74, 6) is -1.11. The molecule has 1 aliphatic rings. The third kappa shape index (κ3) is 6.00. The van der Waals surface area contributed by atoms with Crippen LogP contribution in [0.25, 0.3) is 0 Å². The molecule has 0 spiro atoms. The van der Waals surface area contributed by atoms with Crippen molar-refractivity contribution in [3.8, 4) is 11.5 Å². The number of sulfonamides is 1. The molecule has 0 fully saturated rings. The molecule has 3 aromatic carbocycles. The first-order chi connectivity index (χ1) is 17.8.